The fourth-order valence-corrected chi connectivity index (χ4v) is 9.86. The minimum absolute atomic E-state index is 0.0565. The van der Waals surface area contributed by atoms with Crippen molar-refractivity contribution in [3.63, 3.8) is 0 Å². The van der Waals surface area contributed by atoms with Gasteiger partial charge in [-0.1, -0.05) is 112 Å². The van der Waals surface area contributed by atoms with Crippen LogP contribution in [0.15, 0.2) is 91.0 Å². The average molecular weight is 460 g/mol. The summed E-state index contributed by atoms with van der Waals surface area (Å²) in [5.41, 5.74) is 1.32. The maximum Gasteiger partial charge on any atom is 0.261 e. The highest BCUT2D eigenvalue weighted by molar-refractivity contribution is 6.99. The molecule has 1 N–H and O–H groups in total. The summed E-state index contributed by atoms with van der Waals surface area (Å²) in [6.07, 6.45) is 0.469. The average Bonchev–Trinajstić information content (AvgIpc) is 2.82. The molecule has 1 heterocycles. The maximum absolute atomic E-state index is 10.9. The summed E-state index contributed by atoms with van der Waals surface area (Å²) in [5, 5.41) is 13.4. The van der Waals surface area contributed by atoms with Gasteiger partial charge in [0.25, 0.3) is 8.32 Å². The normalized spacial score (nSPS) is 20.0. The lowest BCUT2D eigenvalue weighted by molar-refractivity contribution is 0.00113. The number of hydrogen-bond donors (Lipinski definition) is 1. The van der Waals surface area contributed by atoms with Crippen LogP contribution >= 0.6 is 0 Å². The topological polar surface area (TPSA) is 32.7 Å². The molecule has 0 spiro atoms. The van der Waals surface area contributed by atoms with E-state index in [9.17, 15) is 5.11 Å². The van der Waals surface area contributed by atoms with Crippen LogP contribution in [0.25, 0.3) is 0 Å². The third kappa shape index (κ3) is 5.30. The van der Waals surface area contributed by atoms with E-state index in [1.54, 1.807) is 0 Å². The van der Waals surface area contributed by atoms with Crippen molar-refractivity contribution in [2.75, 3.05) is 19.7 Å². The Morgan fingerprint density at radius 1 is 0.848 bits per heavy atom. The lowest BCUT2D eigenvalue weighted by Crippen LogP contribution is -2.67. The van der Waals surface area contributed by atoms with E-state index in [2.05, 4.69) is 117 Å². The maximum atomic E-state index is 10.9. The van der Waals surface area contributed by atoms with Gasteiger partial charge in [-0.3, -0.25) is 4.90 Å². The van der Waals surface area contributed by atoms with Gasteiger partial charge in [0.15, 0.2) is 0 Å². The number of likely N-dealkylation sites (tertiary alicyclic amines) is 1. The van der Waals surface area contributed by atoms with E-state index in [0.717, 1.165) is 26.1 Å². The summed E-state index contributed by atoms with van der Waals surface area (Å²) < 4.78 is 7.13. The number of benzene rings is 3. The van der Waals surface area contributed by atoms with Crippen molar-refractivity contribution in [2.24, 2.45) is 5.92 Å². The Hall–Kier alpha value is -2.24. The number of aliphatic hydroxyl groups excluding tert-OH is 1. The lowest BCUT2D eigenvalue weighted by Gasteiger charge is -2.45. The zero-order valence-electron chi connectivity index (χ0n) is 20.2. The third-order valence-corrected chi connectivity index (χ3v) is 12.0. The van der Waals surface area contributed by atoms with Crippen LogP contribution in [-0.2, 0) is 11.0 Å². The molecular formula is C29H37NO2Si. The molecule has 3 aromatic carbocycles. The number of nitrogens with zero attached hydrogens (tertiary/aromatic N) is 1. The molecule has 1 saturated heterocycles. The Morgan fingerprint density at radius 2 is 1.36 bits per heavy atom. The van der Waals surface area contributed by atoms with E-state index in [4.69, 9.17) is 4.43 Å². The predicted molar refractivity (Wildman–Crippen MR) is 139 cm³/mol. The Kier molecular flexibility index (Phi) is 7.50. The van der Waals surface area contributed by atoms with Crippen LogP contribution in [0.2, 0.25) is 5.04 Å². The molecular weight excluding hydrogens is 422 g/mol. The van der Waals surface area contributed by atoms with Gasteiger partial charge < -0.3 is 9.53 Å². The number of rotatable bonds is 7. The smallest absolute Gasteiger partial charge is 0.261 e. The van der Waals surface area contributed by atoms with Crippen molar-refractivity contribution in [1.29, 1.82) is 0 Å². The number of hydrogen-bond acceptors (Lipinski definition) is 3. The summed E-state index contributed by atoms with van der Waals surface area (Å²) in [4.78, 5) is 2.46. The molecule has 1 aliphatic rings. The monoisotopic (exact) mass is 459 g/mol. The van der Waals surface area contributed by atoms with Gasteiger partial charge in [-0.15, -0.1) is 0 Å². The molecule has 0 aliphatic carbocycles. The van der Waals surface area contributed by atoms with E-state index < -0.39 is 8.32 Å². The Morgan fingerprint density at radius 3 is 1.88 bits per heavy atom. The lowest BCUT2D eigenvalue weighted by atomic mass is 9.95. The molecule has 2 unspecified atom stereocenters. The largest absolute Gasteiger partial charge is 0.407 e. The minimum Gasteiger partial charge on any atom is -0.407 e. The summed E-state index contributed by atoms with van der Waals surface area (Å²) in [5.74, 6) is 0.101. The van der Waals surface area contributed by atoms with Crippen molar-refractivity contribution in [3.8, 4) is 0 Å². The second-order valence-electron chi connectivity index (χ2n) is 10.3. The van der Waals surface area contributed by atoms with Crippen LogP contribution in [-0.4, -0.2) is 44.1 Å². The number of piperidine rings is 1. The highest BCUT2D eigenvalue weighted by Gasteiger charge is 2.50. The van der Waals surface area contributed by atoms with Crippen LogP contribution < -0.4 is 10.4 Å². The van der Waals surface area contributed by atoms with E-state index in [1.807, 2.05) is 0 Å². The highest BCUT2D eigenvalue weighted by atomic mass is 28.4. The molecule has 3 aromatic rings. The molecule has 0 aromatic heterocycles. The predicted octanol–water partition coefficient (Wildman–Crippen LogP) is 4.45. The molecule has 2 atom stereocenters. The molecule has 0 saturated carbocycles. The first-order valence-corrected chi connectivity index (χ1v) is 14.0. The quantitative estimate of drug-likeness (QED) is 0.530. The first kappa shape index (κ1) is 23.9. The second kappa shape index (κ2) is 10.4. The van der Waals surface area contributed by atoms with Crippen LogP contribution in [0.1, 0.15) is 32.8 Å². The van der Waals surface area contributed by atoms with Crippen molar-refractivity contribution in [2.45, 2.75) is 44.9 Å². The molecule has 0 radical (unpaired) electrons. The van der Waals surface area contributed by atoms with Crippen molar-refractivity contribution in [3.05, 3.63) is 96.6 Å². The van der Waals surface area contributed by atoms with Crippen LogP contribution in [0.3, 0.4) is 0 Å². The van der Waals surface area contributed by atoms with E-state index in [-0.39, 0.29) is 17.1 Å². The first-order chi connectivity index (χ1) is 15.9. The highest BCUT2D eigenvalue weighted by Crippen LogP contribution is 2.37. The molecule has 1 fully saturated rings. The third-order valence-electron chi connectivity index (χ3n) is 6.96. The Labute approximate surface area is 200 Å². The zero-order valence-corrected chi connectivity index (χ0v) is 21.2. The van der Waals surface area contributed by atoms with Gasteiger partial charge in [0.05, 0.1) is 6.10 Å². The summed E-state index contributed by atoms with van der Waals surface area (Å²) in [6.45, 7) is 10.2. The van der Waals surface area contributed by atoms with Gasteiger partial charge in [0.2, 0.25) is 0 Å². The van der Waals surface area contributed by atoms with Crippen molar-refractivity contribution < 1.29 is 9.53 Å². The van der Waals surface area contributed by atoms with Gasteiger partial charge in [-0.05, 0) is 27.4 Å². The van der Waals surface area contributed by atoms with Crippen molar-refractivity contribution in [1.82, 2.24) is 4.90 Å². The van der Waals surface area contributed by atoms with Crippen LogP contribution in [0.5, 0.6) is 0 Å². The standard InChI is InChI=1S/C29H37NO2Si/c1-29(2,3)33(26-15-9-5-10-16-26,27-17-11-6-12-18-27)32-23-25-22-30(20-19-28(25)31)21-24-13-7-4-8-14-24/h4-18,25,28,31H,19-23H2,1-3H3. The molecule has 174 valence electrons. The van der Waals surface area contributed by atoms with E-state index in [1.165, 1.54) is 15.9 Å². The molecule has 0 amide bonds. The zero-order chi connectivity index (χ0) is 23.3. The van der Waals surface area contributed by atoms with E-state index >= 15 is 0 Å². The molecule has 33 heavy (non-hydrogen) atoms. The van der Waals surface area contributed by atoms with Gasteiger partial charge in [0.1, 0.15) is 0 Å². The van der Waals surface area contributed by atoms with Gasteiger partial charge in [0, 0.05) is 32.2 Å². The Bertz CT molecular complexity index is 949. The summed E-state index contributed by atoms with van der Waals surface area (Å²) in [7, 11) is -2.59. The fourth-order valence-electron chi connectivity index (χ4n) is 5.24. The number of aliphatic hydroxyl groups is 1. The minimum atomic E-state index is -2.59. The molecule has 4 heteroatoms. The fraction of sp³-hybridized carbons (Fsp3) is 0.379. The van der Waals surface area contributed by atoms with Crippen molar-refractivity contribution >= 4 is 18.7 Å². The molecule has 3 nitrogen and oxygen atoms in total. The molecule has 4 rings (SSSR count). The van der Waals surface area contributed by atoms with Gasteiger partial charge in [-0.2, -0.15) is 0 Å². The Balaban J connectivity index is 1.60. The summed E-state index contributed by atoms with van der Waals surface area (Å²) in [6, 6.07) is 32.1. The van der Waals surface area contributed by atoms with Crippen LogP contribution in [0, 0.1) is 5.92 Å². The van der Waals surface area contributed by atoms with E-state index in [0.29, 0.717) is 6.61 Å². The molecule has 1 aliphatic heterocycles. The first-order valence-electron chi connectivity index (χ1n) is 12.1. The van der Waals surface area contributed by atoms with Gasteiger partial charge in [-0.25, -0.2) is 0 Å². The molecule has 0 bridgehead atoms. The second-order valence-corrected chi connectivity index (χ2v) is 14.6. The van der Waals surface area contributed by atoms with Gasteiger partial charge >= 0.3 is 0 Å². The van der Waals surface area contributed by atoms with Crippen LogP contribution in [0.4, 0.5) is 0 Å². The summed E-state index contributed by atoms with van der Waals surface area (Å²) >= 11 is 0. The SMILES string of the molecule is CC(C)(C)[Si](OCC1CN(Cc2ccccc2)CCC1O)(c1ccccc1)c1ccccc1.